The minimum absolute atomic E-state index is 0.124. The monoisotopic (exact) mass is 393 g/mol. The number of amides is 1. The van der Waals surface area contributed by atoms with Gasteiger partial charge in [0, 0.05) is 4.90 Å². The summed E-state index contributed by atoms with van der Waals surface area (Å²) in [6.45, 7) is 4.09. The van der Waals surface area contributed by atoms with Gasteiger partial charge in [0.2, 0.25) is 0 Å². The van der Waals surface area contributed by atoms with Crippen molar-refractivity contribution in [2.24, 2.45) is 4.99 Å². The van der Waals surface area contributed by atoms with Crippen LogP contribution in [-0.4, -0.2) is 31.1 Å². The van der Waals surface area contributed by atoms with Crippen LogP contribution in [0.5, 0.6) is 11.5 Å². The first kappa shape index (κ1) is 18.3. The van der Waals surface area contributed by atoms with Crippen LogP contribution in [0.4, 0.5) is 5.69 Å². The molecule has 28 heavy (non-hydrogen) atoms. The number of carbonyl (C=O) groups is 1. The van der Waals surface area contributed by atoms with E-state index in [0.29, 0.717) is 16.7 Å². The molecule has 7 heteroatoms. The van der Waals surface area contributed by atoms with Gasteiger partial charge in [-0.15, -0.1) is 0 Å². The average Bonchev–Trinajstić information content (AvgIpc) is 3.02. The van der Waals surface area contributed by atoms with Crippen LogP contribution in [0.1, 0.15) is 16.7 Å². The first-order valence-corrected chi connectivity index (χ1v) is 9.49. The summed E-state index contributed by atoms with van der Waals surface area (Å²) in [5.74, 6) is 0.869. The molecular weight excluding hydrogens is 374 g/mol. The van der Waals surface area contributed by atoms with E-state index in [4.69, 9.17) is 14.9 Å². The van der Waals surface area contributed by atoms with Gasteiger partial charge in [-0.25, -0.2) is 0 Å². The van der Waals surface area contributed by atoms with E-state index in [-0.39, 0.29) is 11.4 Å². The molecule has 0 aromatic heterocycles. The van der Waals surface area contributed by atoms with Crippen LogP contribution in [0.25, 0.3) is 6.08 Å². The fourth-order valence-electron chi connectivity index (χ4n) is 3.18. The second-order valence-electron chi connectivity index (χ2n) is 6.56. The number of nitrogens with zero attached hydrogens (tertiary/aromatic N) is 2. The lowest BCUT2D eigenvalue weighted by molar-refractivity contribution is -0.113. The number of rotatable bonds is 3. The zero-order chi connectivity index (χ0) is 20.0. The summed E-state index contributed by atoms with van der Waals surface area (Å²) >= 11 is 1.42. The Morgan fingerprint density at radius 2 is 1.79 bits per heavy atom. The maximum absolute atomic E-state index is 12.6. The van der Waals surface area contributed by atoms with E-state index >= 15 is 0 Å². The van der Waals surface area contributed by atoms with Crippen LogP contribution in [0.2, 0.25) is 0 Å². The molecule has 1 amide bonds. The van der Waals surface area contributed by atoms with Crippen molar-refractivity contribution in [1.29, 1.82) is 5.41 Å². The molecular formula is C21H19N3O3S. The summed E-state index contributed by atoms with van der Waals surface area (Å²) in [6, 6.07) is 9.47. The largest absolute Gasteiger partial charge is 0.493 e. The van der Waals surface area contributed by atoms with Gasteiger partial charge in [0.05, 0.1) is 25.5 Å². The third kappa shape index (κ3) is 2.88. The predicted molar refractivity (Wildman–Crippen MR) is 112 cm³/mol. The number of hydrogen-bond donors (Lipinski definition) is 1. The van der Waals surface area contributed by atoms with Crippen molar-refractivity contribution >= 4 is 40.4 Å². The van der Waals surface area contributed by atoms with Crippen molar-refractivity contribution in [3.05, 3.63) is 52.6 Å². The highest BCUT2D eigenvalue weighted by Gasteiger charge is 2.37. The molecule has 2 aromatic carbocycles. The SMILES string of the molecule is COc1ccc(/C=C2\C(=N)N3C(=NC2=O)Sc2cc(C)c(C)cc23)cc1OC. The summed E-state index contributed by atoms with van der Waals surface area (Å²) < 4.78 is 10.6. The number of hydrogen-bond acceptors (Lipinski definition) is 5. The van der Waals surface area contributed by atoms with E-state index in [9.17, 15) is 4.79 Å². The fourth-order valence-corrected chi connectivity index (χ4v) is 4.27. The van der Waals surface area contributed by atoms with E-state index in [0.717, 1.165) is 21.7 Å². The van der Waals surface area contributed by atoms with Crippen molar-refractivity contribution in [3.8, 4) is 11.5 Å². The Hall–Kier alpha value is -3.06. The summed E-state index contributed by atoms with van der Waals surface area (Å²) in [4.78, 5) is 19.6. The molecule has 4 rings (SSSR count). The molecule has 0 atom stereocenters. The van der Waals surface area contributed by atoms with Crippen molar-refractivity contribution in [1.82, 2.24) is 0 Å². The number of ether oxygens (including phenoxy) is 2. The number of fused-ring (bicyclic) bond motifs is 3. The third-order valence-electron chi connectivity index (χ3n) is 4.83. The molecule has 0 fully saturated rings. The Kier molecular flexibility index (Phi) is 4.47. The summed E-state index contributed by atoms with van der Waals surface area (Å²) in [5, 5.41) is 9.20. The summed E-state index contributed by atoms with van der Waals surface area (Å²) in [6.07, 6.45) is 1.66. The lowest BCUT2D eigenvalue weighted by Gasteiger charge is -2.24. The van der Waals surface area contributed by atoms with Gasteiger partial charge in [-0.3, -0.25) is 15.1 Å². The zero-order valence-corrected chi connectivity index (χ0v) is 16.8. The maximum Gasteiger partial charge on any atom is 0.283 e. The topological polar surface area (TPSA) is 75.0 Å². The third-order valence-corrected chi connectivity index (χ3v) is 5.84. The minimum atomic E-state index is -0.417. The molecule has 0 unspecified atom stereocenters. The Bertz CT molecular complexity index is 1090. The Balaban J connectivity index is 1.77. The summed E-state index contributed by atoms with van der Waals surface area (Å²) in [7, 11) is 3.13. The highest BCUT2D eigenvalue weighted by atomic mass is 32.2. The van der Waals surface area contributed by atoms with Crippen molar-refractivity contribution in [3.63, 3.8) is 0 Å². The van der Waals surface area contributed by atoms with Crippen LogP contribution in [0.15, 0.2) is 45.8 Å². The van der Waals surface area contributed by atoms with E-state index in [1.807, 2.05) is 26.0 Å². The van der Waals surface area contributed by atoms with Crippen molar-refractivity contribution in [2.45, 2.75) is 18.7 Å². The molecule has 0 saturated carbocycles. The lowest BCUT2D eigenvalue weighted by Crippen LogP contribution is -2.39. The van der Waals surface area contributed by atoms with Gasteiger partial charge in [-0.2, -0.15) is 4.99 Å². The normalized spacial score (nSPS) is 16.8. The number of benzene rings is 2. The smallest absolute Gasteiger partial charge is 0.283 e. The van der Waals surface area contributed by atoms with E-state index in [2.05, 4.69) is 11.1 Å². The molecule has 0 radical (unpaired) electrons. The van der Waals surface area contributed by atoms with Crippen LogP contribution >= 0.6 is 11.8 Å². The van der Waals surface area contributed by atoms with Gasteiger partial charge in [0.15, 0.2) is 16.7 Å². The Labute approximate surface area is 167 Å². The molecule has 2 aromatic rings. The van der Waals surface area contributed by atoms with Gasteiger partial charge >= 0.3 is 0 Å². The molecule has 6 nitrogen and oxygen atoms in total. The summed E-state index contributed by atoms with van der Waals surface area (Å²) in [5.41, 5.74) is 4.17. The molecule has 2 heterocycles. The average molecular weight is 393 g/mol. The molecule has 2 aliphatic heterocycles. The molecule has 0 spiro atoms. The van der Waals surface area contributed by atoms with Crippen LogP contribution in [-0.2, 0) is 4.79 Å². The molecule has 0 aliphatic carbocycles. The number of carbonyl (C=O) groups excluding carboxylic acids is 1. The molecule has 0 bridgehead atoms. The number of aliphatic imine (C=N–C) groups is 1. The van der Waals surface area contributed by atoms with E-state index in [1.165, 1.54) is 17.3 Å². The lowest BCUT2D eigenvalue weighted by atomic mass is 10.1. The number of amidine groups is 2. The number of aryl methyl sites for hydroxylation is 2. The van der Waals surface area contributed by atoms with Crippen molar-refractivity contribution in [2.75, 3.05) is 19.1 Å². The molecule has 1 N–H and O–H groups in total. The quantitative estimate of drug-likeness (QED) is 0.792. The van der Waals surface area contributed by atoms with Crippen LogP contribution < -0.4 is 14.4 Å². The van der Waals surface area contributed by atoms with Gasteiger partial charge < -0.3 is 9.47 Å². The first-order valence-electron chi connectivity index (χ1n) is 8.68. The van der Waals surface area contributed by atoms with Crippen LogP contribution in [0, 0.1) is 19.3 Å². The van der Waals surface area contributed by atoms with E-state index < -0.39 is 5.91 Å². The van der Waals surface area contributed by atoms with Gasteiger partial charge in [-0.05, 0) is 72.6 Å². The highest BCUT2D eigenvalue weighted by molar-refractivity contribution is 8.15. The Morgan fingerprint density at radius 1 is 1.07 bits per heavy atom. The predicted octanol–water partition coefficient (Wildman–Crippen LogP) is 4.19. The fraction of sp³-hybridized carbons (Fsp3) is 0.190. The van der Waals surface area contributed by atoms with Crippen molar-refractivity contribution < 1.29 is 14.3 Å². The van der Waals surface area contributed by atoms with Crippen LogP contribution in [0.3, 0.4) is 0 Å². The van der Waals surface area contributed by atoms with Gasteiger partial charge in [0.25, 0.3) is 5.91 Å². The second-order valence-corrected chi connectivity index (χ2v) is 7.57. The van der Waals surface area contributed by atoms with Gasteiger partial charge in [0.1, 0.15) is 5.84 Å². The highest BCUT2D eigenvalue weighted by Crippen LogP contribution is 2.44. The minimum Gasteiger partial charge on any atom is -0.493 e. The Morgan fingerprint density at radius 3 is 2.50 bits per heavy atom. The number of anilines is 1. The van der Waals surface area contributed by atoms with E-state index in [1.54, 1.807) is 37.3 Å². The van der Waals surface area contributed by atoms with Gasteiger partial charge in [-0.1, -0.05) is 6.07 Å². The number of thioether (sulfide) groups is 1. The molecule has 2 aliphatic rings. The first-order chi connectivity index (χ1) is 13.4. The zero-order valence-electron chi connectivity index (χ0n) is 16.0. The standard InChI is InChI=1S/C21H19N3O3S/c1-11-7-15-18(8-12(11)2)28-21-23-20(25)14(19(22)24(15)21)9-13-5-6-16(26-3)17(10-13)27-4/h5-10,22H,1-4H3/b14-9+,22-19?. The molecule has 142 valence electrons. The number of nitrogens with one attached hydrogen (secondary N) is 1. The maximum atomic E-state index is 12.6. The second kappa shape index (κ2) is 6.83. The number of methoxy groups -OCH3 is 2. The molecule has 0 saturated heterocycles.